The Morgan fingerprint density at radius 2 is 1.86 bits per heavy atom. The molecule has 0 radical (unpaired) electrons. The van der Waals surface area contributed by atoms with Gasteiger partial charge in [-0.1, -0.05) is 26.0 Å². The molecule has 0 aliphatic heterocycles. The van der Waals surface area contributed by atoms with Gasteiger partial charge in [0.15, 0.2) is 0 Å². The highest BCUT2D eigenvalue weighted by atomic mass is 32.1. The first kappa shape index (κ1) is 21.6. The zero-order valence-electron chi connectivity index (χ0n) is 16.4. The third kappa shape index (κ3) is 4.99. The van der Waals surface area contributed by atoms with E-state index in [1.165, 1.54) is 0 Å². The lowest BCUT2D eigenvalue weighted by atomic mass is 10.1. The number of aromatic nitrogens is 1. The lowest BCUT2D eigenvalue weighted by Gasteiger charge is -2.09. The van der Waals surface area contributed by atoms with E-state index in [2.05, 4.69) is 23.3 Å². The van der Waals surface area contributed by atoms with E-state index in [0.717, 1.165) is 22.2 Å². The Hall–Kier alpha value is -2.65. The number of fused-ring (bicyclic) bond motifs is 1. The van der Waals surface area contributed by atoms with Crippen molar-refractivity contribution in [2.24, 2.45) is 0 Å². The van der Waals surface area contributed by atoms with Gasteiger partial charge in [-0.15, -0.1) is 0 Å². The number of nitriles is 1. The van der Waals surface area contributed by atoms with Crippen molar-refractivity contribution < 1.29 is 9.13 Å². The summed E-state index contributed by atoms with van der Waals surface area (Å²) in [5.41, 5.74) is 9.76. The third-order valence-corrected chi connectivity index (χ3v) is 3.99. The van der Waals surface area contributed by atoms with E-state index in [0.29, 0.717) is 28.8 Å². The molecule has 0 amide bonds. The number of hydrogen-bond acceptors (Lipinski definition) is 4. The van der Waals surface area contributed by atoms with Gasteiger partial charge in [0.05, 0.1) is 16.8 Å². The van der Waals surface area contributed by atoms with Crippen LogP contribution in [0.3, 0.4) is 0 Å². The van der Waals surface area contributed by atoms with Gasteiger partial charge in [0.1, 0.15) is 25.1 Å². The van der Waals surface area contributed by atoms with E-state index >= 15 is 0 Å². The molecule has 1 heterocycles. The largest absolute Gasteiger partial charge is 0.491 e. The molecule has 4 nitrogen and oxygen atoms in total. The quantitative estimate of drug-likeness (QED) is 0.443. The smallest absolute Gasteiger partial charge is 0.123 e. The molecule has 0 unspecified atom stereocenters. The number of nitrogens with zero attached hydrogens (tertiary/aromatic N) is 2. The summed E-state index contributed by atoms with van der Waals surface area (Å²) in [5.74, 6) is 0.598. The normalized spacial score (nSPS) is 10.5. The average Bonchev–Trinajstić information content (AvgIpc) is 2.99. The summed E-state index contributed by atoms with van der Waals surface area (Å²) in [6.45, 7) is 6.27. The number of benzene rings is 2. The van der Waals surface area contributed by atoms with E-state index in [-0.39, 0.29) is 6.61 Å². The van der Waals surface area contributed by atoms with Crippen LogP contribution in [0.1, 0.15) is 26.3 Å². The van der Waals surface area contributed by atoms with Crippen LogP contribution in [0.15, 0.2) is 42.5 Å². The minimum Gasteiger partial charge on any atom is -0.491 e. The number of ether oxygens (including phenoxy) is 1. The van der Waals surface area contributed by atoms with Crippen LogP contribution in [0.25, 0.3) is 22.2 Å². The first-order chi connectivity index (χ1) is 13.4. The molecule has 0 spiro atoms. The number of hydrogen-bond donors (Lipinski definition) is 2. The van der Waals surface area contributed by atoms with Gasteiger partial charge in [-0.2, -0.15) is 17.9 Å². The average molecular weight is 400 g/mol. The van der Waals surface area contributed by atoms with Crippen molar-refractivity contribution in [3.63, 3.8) is 0 Å². The number of nitrogen functional groups attached to an aromatic ring is 1. The summed E-state index contributed by atoms with van der Waals surface area (Å²) in [6, 6.07) is 15.3. The maximum atomic E-state index is 12.3. The first-order valence-electron chi connectivity index (χ1n) is 9.22. The zero-order chi connectivity index (χ0) is 20.7. The SMILES string of the molecule is CC(C)S.CCn1c(-c2ccc(N)cc2)c(C#N)c2ccc(OCCF)cc21. The van der Waals surface area contributed by atoms with Crippen molar-refractivity contribution >= 4 is 29.2 Å². The molecule has 1 aromatic heterocycles. The summed E-state index contributed by atoms with van der Waals surface area (Å²) >= 11 is 3.97. The predicted molar refractivity (Wildman–Crippen MR) is 118 cm³/mol. The van der Waals surface area contributed by atoms with Gasteiger partial charge in [-0.25, -0.2) is 4.39 Å². The van der Waals surface area contributed by atoms with Gasteiger partial charge < -0.3 is 15.0 Å². The molecular weight excluding hydrogens is 373 g/mol. The Balaban J connectivity index is 0.000000640. The van der Waals surface area contributed by atoms with Gasteiger partial charge in [0, 0.05) is 23.7 Å². The fourth-order valence-electron chi connectivity index (χ4n) is 2.96. The summed E-state index contributed by atoms with van der Waals surface area (Å²) < 4.78 is 19.8. The van der Waals surface area contributed by atoms with Gasteiger partial charge in [0.2, 0.25) is 0 Å². The molecule has 0 bridgehead atoms. The predicted octanol–water partition coefficient (Wildman–Crippen LogP) is 5.45. The Bertz CT molecular complexity index is 956. The van der Waals surface area contributed by atoms with Crippen LogP contribution in [0.4, 0.5) is 10.1 Å². The number of aryl methyl sites for hydroxylation is 1. The van der Waals surface area contributed by atoms with Gasteiger partial charge in [-0.05, 0) is 42.0 Å². The van der Waals surface area contributed by atoms with E-state index in [9.17, 15) is 9.65 Å². The maximum absolute atomic E-state index is 12.3. The monoisotopic (exact) mass is 399 g/mol. The second-order valence-corrected chi connectivity index (χ2v) is 7.54. The second kappa shape index (κ2) is 10.0. The summed E-state index contributed by atoms with van der Waals surface area (Å²) in [4.78, 5) is 0. The van der Waals surface area contributed by atoms with Gasteiger partial charge in [0.25, 0.3) is 0 Å². The number of thiol groups is 1. The fraction of sp³-hybridized carbons (Fsp3) is 0.318. The zero-order valence-corrected chi connectivity index (χ0v) is 17.3. The third-order valence-electron chi connectivity index (χ3n) is 3.99. The van der Waals surface area contributed by atoms with E-state index in [1.54, 1.807) is 6.07 Å². The Morgan fingerprint density at radius 1 is 1.21 bits per heavy atom. The highest BCUT2D eigenvalue weighted by molar-refractivity contribution is 7.80. The van der Waals surface area contributed by atoms with Crippen molar-refractivity contribution in [1.82, 2.24) is 4.57 Å². The van der Waals surface area contributed by atoms with E-state index in [1.807, 2.05) is 57.2 Å². The van der Waals surface area contributed by atoms with Crippen LogP contribution in [-0.4, -0.2) is 23.1 Å². The molecule has 3 rings (SSSR count). The summed E-state index contributed by atoms with van der Waals surface area (Å²) in [6.07, 6.45) is 0. The van der Waals surface area contributed by atoms with Crippen molar-refractivity contribution in [1.29, 1.82) is 5.26 Å². The van der Waals surface area contributed by atoms with Crippen LogP contribution in [0.2, 0.25) is 0 Å². The fourth-order valence-corrected chi connectivity index (χ4v) is 2.96. The van der Waals surface area contributed by atoms with Crippen LogP contribution in [-0.2, 0) is 6.54 Å². The molecule has 0 saturated heterocycles. The molecule has 28 heavy (non-hydrogen) atoms. The molecule has 148 valence electrons. The standard InChI is InChI=1S/C19H18FN3O.C3H8S/c1-2-23-18-11-15(24-10-9-20)7-8-16(18)17(12-21)19(23)13-3-5-14(22)6-4-13;1-3(2)4/h3-8,11H,2,9-10,22H2,1H3;3-4H,1-2H3. The van der Waals surface area contributed by atoms with Gasteiger partial charge in [-0.3, -0.25) is 0 Å². The Labute approximate surface area is 171 Å². The van der Waals surface area contributed by atoms with Crippen molar-refractivity contribution in [2.75, 3.05) is 19.0 Å². The van der Waals surface area contributed by atoms with Crippen molar-refractivity contribution in [3.05, 3.63) is 48.0 Å². The number of nitrogens with two attached hydrogens (primary N) is 1. The van der Waals surface area contributed by atoms with E-state index < -0.39 is 6.67 Å². The van der Waals surface area contributed by atoms with Crippen LogP contribution < -0.4 is 10.5 Å². The van der Waals surface area contributed by atoms with E-state index in [4.69, 9.17) is 10.5 Å². The molecule has 0 atom stereocenters. The second-order valence-electron chi connectivity index (χ2n) is 6.51. The van der Waals surface area contributed by atoms with Crippen molar-refractivity contribution in [3.8, 4) is 23.1 Å². The van der Waals surface area contributed by atoms with Crippen LogP contribution in [0, 0.1) is 11.3 Å². The summed E-state index contributed by atoms with van der Waals surface area (Å²) in [5, 5.41) is 11.1. The Kier molecular flexibility index (Phi) is 7.77. The molecule has 2 N–H and O–H groups in total. The molecule has 0 aliphatic rings. The topological polar surface area (TPSA) is 64.0 Å². The molecule has 6 heteroatoms. The lowest BCUT2D eigenvalue weighted by molar-refractivity contribution is 0.273. The molecule has 0 fully saturated rings. The number of alkyl halides is 1. The molecule has 0 saturated carbocycles. The molecule has 2 aromatic carbocycles. The Morgan fingerprint density at radius 3 is 2.39 bits per heavy atom. The van der Waals surface area contributed by atoms with Crippen LogP contribution >= 0.6 is 12.6 Å². The first-order valence-corrected chi connectivity index (χ1v) is 9.73. The number of halogens is 1. The van der Waals surface area contributed by atoms with Crippen molar-refractivity contribution in [2.45, 2.75) is 32.6 Å². The number of anilines is 1. The number of rotatable bonds is 5. The van der Waals surface area contributed by atoms with Gasteiger partial charge >= 0.3 is 0 Å². The summed E-state index contributed by atoms with van der Waals surface area (Å²) in [7, 11) is 0. The molecular formula is C22H26FN3OS. The molecule has 0 aliphatic carbocycles. The van der Waals surface area contributed by atoms with Crippen LogP contribution in [0.5, 0.6) is 5.75 Å². The highest BCUT2D eigenvalue weighted by Crippen LogP contribution is 2.35. The highest BCUT2D eigenvalue weighted by Gasteiger charge is 2.18. The minimum atomic E-state index is -0.535. The minimum absolute atomic E-state index is 0.0221. The molecule has 3 aromatic rings. The lowest BCUT2D eigenvalue weighted by Crippen LogP contribution is -2.00. The maximum Gasteiger partial charge on any atom is 0.123 e.